The molecule has 11 nitrogen and oxygen atoms in total. The Kier molecular flexibility index (Phi) is 9.08. The van der Waals surface area contributed by atoms with Crippen molar-refractivity contribution in [3.63, 3.8) is 0 Å². The van der Waals surface area contributed by atoms with Crippen molar-refractivity contribution in [3.05, 3.63) is 46.8 Å². The number of nitrogens with zero attached hydrogens (tertiary/aromatic N) is 5. The summed E-state index contributed by atoms with van der Waals surface area (Å²) in [5.74, 6) is 1.07. The molecule has 1 fully saturated rings. The maximum absolute atomic E-state index is 13.6. The molecule has 2 aromatic rings. The Hall–Kier alpha value is -2.93. The Labute approximate surface area is 224 Å². The zero-order valence-electron chi connectivity index (χ0n) is 22.3. The lowest BCUT2D eigenvalue weighted by atomic mass is 10.0. The van der Waals surface area contributed by atoms with Gasteiger partial charge in [-0.15, -0.1) is 5.10 Å². The molecule has 4 rings (SSSR count). The van der Waals surface area contributed by atoms with E-state index in [9.17, 15) is 8.42 Å². The van der Waals surface area contributed by atoms with Gasteiger partial charge in [0.1, 0.15) is 5.75 Å². The van der Waals surface area contributed by atoms with Gasteiger partial charge in [-0.25, -0.2) is 13.1 Å². The van der Waals surface area contributed by atoms with Crippen LogP contribution in [0.4, 0.5) is 0 Å². The molecule has 2 aliphatic heterocycles. The first-order chi connectivity index (χ1) is 18.3. The minimum Gasteiger partial charge on any atom is -0.493 e. The van der Waals surface area contributed by atoms with Crippen LogP contribution in [0.5, 0.6) is 5.75 Å². The molecule has 3 heterocycles. The van der Waals surface area contributed by atoms with E-state index in [1.54, 1.807) is 22.9 Å². The quantitative estimate of drug-likeness (QED) is 0.224. The highest BCUT2D eigenvalue weighted by Crippen LogP contribution is 2.32. The first-order valence-electron chi connectivity index (χ1n) is 13.2. The van der Waals surface area contributed by atoms with E-state index in [2.05, 4.69) is 22.3 Å². The number of aliphatic hydroxyl groups is 1. The van der Waals surface area contributed by atoms with Crippen LogP contribution >= 0.6 is 0 Å². The fourth-order valence-corrected chi connectivity index (χ4v) is 6.53. The number of aromatic nitrogens is 1. The molecule has 0 bridgehead atoms. The van der Waals surface area contributed by atoms with Crippen LogP contribution in [0.15, 0.2) is 39.5 Å². The maximum atomic E-state index is 13.6. The molecule has 1 aromatic heterocycles. The van der Waals surface area contributed by atoms with Crippen LogP contribution in [0.2, 0.25) is 0 Å². The lowest BCUT2D eigenvalue weighted by Crippen LogP contribution is -2.48. The lowest BCUT2D eigenvalue weighted by molar-refractivity contribution is 0.171. The molecule has 1 atom stereocenters. The highest BCUT2D eigenvalue weighted by atomic mass is 32.2. The van der Waals surface area contributed by atoms with E-state index in [4.69, 9.17) is 20.2 Å². The lowest BCUT2D eigenvalue weighted by Gasteiger charge is -2.34. The number of hydrogen-bond donors (Lipinski definition) is 3. The average molecular weight is 547 g/mol. The van der Waals surface area contributed by atoms with Gasteiger partial charge < -0.3 is 25.3 Å². The number of rotatable bonds is 11. The summed E-state index contributed by atoms with van der Waals surface area (Å²) in [7, 11) is -3.73. The Morgan fingerprint density at radius 1 is 1.24 bits per heavy atom. The summed E-state index contributed by atoms with van der Waals surface area (Å²) < 4.78 is 36.4. The van der Waals surface area contributed by atoms with E-state index >= 15 is 0 Å². The molecule has 208 valence electrons. The monoisotopic (exact) mass is 546 g/mol. The standard InChI is InChI=1S/C26H38N6O5S/c1-4-7-23-25-19(3)20(17-27-34)18-32(25)29-26(28-23)22-16-21(8-9-24(22)37-5-2)38(35,36)31-13-11-30(12-14-31)10-6-15-33/h8-9,16-18,23,33-34H,4-7,10-15H2,1-3H3,(H,28,29)/b27-17+. The fraction of sp³-hybridized carbons (Fsp3) is 0.538. The third-order valence-corrected chi connectivity index (χ3v) is 8.95. The van der Waals surface area contributed by atoms with E-state index in [0.717, 1.165) is 36.2 Å². The number of amidine groups is 1. The summed E-state index contributed by atoms with van der Waals surface area (Å²) >= 11 is 0. The largest absolute Gasteiger partial charge is 0.493 e. The molecule has 2 aliphatic rings. The van der Waals surface area contributed by atoms with Crippen molar-refractivity contribution in [2.75, 3.05) is 45.9 Å². The normalized spacial score (nSPS) is 18.8. The van der Waals surface area contributed by atoms with Gasteiger partial charge in [0.25, 0.3) is 0 Å². The number of piperazine rings is 1. The van der Waals surface area contributed by atoms with Gasteiger partial charge in [-0.1, -0.05) is 18.5 Å². The molecule has 0 aliphatic carbocycles. The molecule has 0 saturated carbocycles. The van der Waals surface area contributed by atoms with E-state index < -0.39 is 10.0 Å². The molecule has 38 heavy (non-hydrogen) atoms. The van der Waals surface area contributed by atoms with E-state index in [1.165, 1.54) is 10.5 Å². The molecule has 0 amide bonds. The third-order valence-electron chi connectivity index (χ3n) is 7.06. The Morgan fingerprint density at radius 2 is 2.00 bits per heavy atom. The minimum atomic E-state index is -3.73. The minimum absolute atomic E-state index is 0.0601. The van der Waals surface area contributed by atoms with Crippen molar-refractivity contribution in [2.45, 2.75) is 51.0 Å². The van der Waals surface area contributed by atoms with Gasteiger partial charge in [-0.3, -0.25) is 0 Å². The summed E-state index contributed by atoms with van der Waals surface area (Å²) in [6, 6.07) is 4.87. The van der Waals surface area contributed by atoms with Crippen LogP contribution in [-0.4, -0.2) is 90.6 Å². The predicted molar refractivity (Wildman–Crippen MR) is 146 cm³/mol. The zero-order chi connectivity index (χ0) is 27.3. The second-order valence-electron chi connectivity index (χ2n) is 9.53. The first kappa shape index (κ1) is 28.1. The van der Waals surface area contributed by atoms with Crippen LogP contribution in [0.25, 0.3) is 0 Å². The summed E-state index contributed by atoms with van der Waals surface area (Å²) in [5, 5.41) is 29.7. The topological polar surface area (TPSA) is 132 Å². The molecule has 12 heteroatoms. The number of aliphatic hydroxyl groups excluding tert-OH is 1. The van der Waals surface area contributed by atoms with Gasteiger partial charge in [0, 0.05) is 51.1 Å². The summed E-state index contributed by atoms with van der Waals surface area (Å²) in [6.45, 7) is 9.32. The second-order valence-corrected chi connectivity index (χ2v) is 11.5. The number of oxime groups is 1. The maximum Gasteiger partial charge on any atom is 0.243 e. The number of fused-ring (bicyclic) bond motifs is 1. The van der Waals surface area contributed by atoms with Crippen LogP contribution in [-0.2, 0) is 10.0 Å². The van der Waals surface area contributed by atoms with Crippen LogP contribution in [0.3, 0.4) is 0 Å². The van der Waals surface area contributed by atoms with Gasteiger partial charge in [0.15, 0.2) is 5.84 Å². The SMILES string of the molecule is CCCC1NC(c2cc(S(=O)(=O)N3CCN(CCCO)CC3)ccc2OCC)=Nn2cc(/C=N/O)c(C)c21. The zero-order valence-corrected chi connectivity index (χ0v) is 23.1. The number of benzene rings is 1. The summed E-state index contributed by atoms with van der Waals surface area (Å²) in [5.41, 5.74) is 3.28. The van der Waals surface area contributed by atoms with Gasteiger partial charge in [-0.2, -0.15) is 4.31 Å². The van der Waals surface area contributed by atoms with E-state index in [-0.39, 0.29) is 17.5 Å². The van der Waals surface area contributed by atoms with Crippen molar-refractivity contribution >= 4 is 22.1 Å². The van der Waals surface area contributed by atoms with Gasteiger partial charge in [-0.05, 0) is 50.5 Å². The van der Waals surface area contributed by atoms with Gasteiger partial charge in [0.2, 0.25) is 10.0 Å². The van der Waals surface area contributed by atoms with E-state index in [0.29, 0.717) is 56.4 Å². The Bertz CT molecular complexity index is 1280. The number of nitrogens with one attached hydrogen (secondary N) is 1. The van der Waals surface area contributed by atoms with Crippen LogP contribution < -0.4 is 10.1 Å². The summed E-state index contributed by atoms with van der Waals surface area (Å²) in [6.07, 6.45) is 5.64. The Balaban J connectivity index is 1.70. The van der Waals surface area contributed by atoms with Crippen molar-refractivity contribution in [1.82, 2.24) is 19.2 Å². The molecular weight excluding hydrogens is 508 g/mol. The Morgan fingerprint density at radius 3 is 2.66 bits per heavy atom. The van der Waals surface area contributed by atoms with Crippen molar-refractivity contribution < 1.29 is 23.5 Å². The number of ether oxygens (including phenoxy) is 1. The fourth-order valence-electron chi connectivity index (χ4n) is 5.09. The molecule has 1 saturated heterocycles. The molecule has 3 N–H and O–H groups in total. The summed E-state index contributed by atoms with van der Waals surface area (Å²) in [4.78, 5) is 2.37. The van der Waals surface area contributed by atoms with E-state index in [1.807, 2.05) is 20.0 Å². The molecular formula is C26H38N6O5S. The predicted octanol–water partition coefficient (Wildman–Crippen LogP) is 2.35. The van der Waals surface area contributed by atoms with Crippen molar-refractivity contribution in [1.29, 1.82) is 0 Å². The second kappa shape index (κ2) is 12.3. The average Bonchev–Trinajstić information content (AvgIpc) is 3.23. The van der Waals surface area contributed by atoms with Crippen LogP contribution in [0.1, 0.15) is 61.5 Å². The number of sulfonamides is 1. The van der Waals surface area contributed by atoms with Crippen LogP contribution in [0, 0.1) is 6.92 Å². The molecule has 1 unspecified atom stereocenters. The van der Waals surface area contributed by atoms with Crippen molar-refractivity contribution in [2.24, 2.45) is 10.3 Å². The molecule has 0 spiro atoms. The highest BCUT2D eigenvalue weighted by molar-refractivity contribution is 7.89. The highest BCUT2D eigenvalue weighted by Gasteiger charge is 2.31. The third kappa shape index (κ3) is 5.73. The number of hydrogen-bond acceptors (Lipinski definition) is 9. The van der Waals surface area contributed by atoms with Gasteiger partial charge >= 0.3 is 0 Å². The molecule has 0 radical (unpaired) electrons. The smallest absolute Gasteiger partial charge is 0.243 e. The van der Waals surface area contributed by atoms with Gasteiger partial charge in [0.05, 0.1) is 35.0 Å². The van der Waals surface area contributed by atoms with Crippen molar-refractivity contribution in [3.8, 4) is 5.75 Å². The first-order valence-corrected chi connectivity index (χ1v) is 14.6. The molecule has 1 aromatic carbocycles.